The van der Waals surface area contributed by atoms with Crippen molar-refractivity contribution in [2.75, 3.05) is 13.7 Å². The summed E-state index contributed by atoms with van der Waals surface area (Å²) >= 11 is 0. The van der Waals surface area contributed by atoms with Crippen molar-refractivity contribution in [2.24, 2.45) is 11.7 Å². The van der Waals surface area contributed by atoms with Gasteiger partial charge in [0.15, 0.2) is 23.1 Å². The van der Waals surface area contributed by atoms with E-state index >= 15 is 0 Å². The van der Waals surface area contributed by atoms with Crippen LogP contribution in [0.1, 0.15) is 18.5 Å². The van der Waals surface area contributed by atoms with Crippen LogP contribution in [0.15, 0.2) is 36.7 Å². The van der Waals surface area contributed by atoms with E-state index in [0.717, 1.165) is 18.5 Å². The van der Waals surface area contributed by atoms with Crippen LogP contribution in [0.3, 0.4) is 0 Å². The maximum absolute atomic E-state index is 15.0. The fourth-order valence-corrected chi connectivity index (χ4v) is 4.00. The molecule has 1 aliphatic rings. The molecule has 5 rings (SSSR count). The Morgan fingerprint density at radius 3 is 2.71 bits per heavy atom. The lowest BCUT2D eigenvalue weighted by Gasteiger charge is -2.32. The van der Waals surface area contributed by atoms with E-state index in [1.165, 1.54) is 6.33 Å². The monoisotopic (exact) mass is 422 g/mol. The lowest BCUT2D eigenvalue weighted by atomic mass is 9.82. The van der Waals surface area contributed by atoms with E-state index in [9.17, 15) is 4.39 Å². The second-order valence-electron chi connectivity index (χ2n) is 8.00. The molecule has 0 atom stereocenters. The molecule has 8 heteroatoms. The largest absolute Gasteiger partial charge is 0.493 e. The van der Waals surface area contributed by atoms with Crippen molar-refractivity contribution < 1.29 is 18.6 Å². The molecule has 0 radical (unpaired) electrons. The number of benzene rings is 2. The SMILES string of the molecule is COc1cc2c(Oc3ccc4[nH]c(C)cc4c3F)ncnc2cc1OCC1CC(N)C1. The Morgan fingerprint density at radius 2 is 1.94 bits per heavy atom. The molecule has 1 aliphatic carbocycles. The number of aromatic amines is 1. The molecule has 2 heterocycles. The number of methoxy groups -OCH3 is 1. The summed E-state index contributed by atoms with van der Waals surface area (Å²) in [6, 6.07) is 8.92. The van der Waals surface area contributed by atoms with Crippen molar-refractivity contribution in [2.45, 2.75) is 25.8 Å². The van der Waals surface area contributed by atoms with Gasteiger partial charge in [0.05, 0.1) is 24.6 Å². The number of fused-ring (bicyclic) bond motifs is 2. The van der Waals surface area contributed by atoms with E-state index in [1.807, 2.05) is 6.92 Å². The summed E-state index contributed by atoms with van der Waals surface area (Å²) in [5.74, 6) is 1.47. The first-order chi connectivity index (χ1) is 15.0. The first-order valence-electron chi connectivity index (χ1n) is 10.2. The van der Waals surface area contributed by atoms with E-state index in [4.69, 9.17) is 19.9 Å². The number of rotatable bonds is 6. The van der Waals surface area contributed by atoms with Crippen molar-refractivity contribution in [1.29, 1.82) is 0 Å². The van der Waals surface area contributed by atoms with Crippen LogP contribution in [-0.4, -0.2) is 34.7 Å². The molecule has 0 saturated heterocycles. The van der Waals surface area contributed by atoms with Gasteiger partial charge in [-0.2, -0.15) is 0 Å². The van der Waals surface area contributed by atoms with Crippen LogP contribution in [0.4, 0.5) is 4.39 Å². The normalized spacial score (nSPS) is 18.2. The molecule has 0 bridgehead atoms. The third-order valence-electron chi connectivity index (χ3n) is 5.67. The van der Waals surface area contributed by atoms with Gasteiger partial charge in [0.1, 0.15) is 6.33 Å². The van der Waals surface area contributed by atoms with Crippen molar-refractivity contribution in [3.05, 3.63) is 48.2 Å². The van der Waals surface area contributed by atoms with Crippen LogP contribution in [0.25, 0.3) is 21.8 Å². The first-order valence-corrected chi connectivity index (χ1v) is 10.2. The Kier molecular flexibility index (Phi) is 4.86. The summed E-state index contributed by atoms with van der Waals surface area (Å²) in [4.78, 5) is 11.7. The number of aryl methyl sites for hydroxylation is 1. The van der Waals surface area contributed by atoms with Crippen LogP contribution in [0.5, 0.6) is 23.1 Å². The molecule has 160 valence electrons. The minimum atomic E-state index is -0.445. The van der Waals surface area contributed by atoms with E-state index in [-0.39, 0.29) is 17.7 Å². The van der Waals surface area contributed by atoms with E-state index in [2.05, 4.69) is 15.0 Å². The van der Waals surface area contributed by atoms with Crippen molar-refractivity contribution in [1.82, 2.24) is 15.0 Å². The molecule has 7 nitrogen and oxygen atoms in total. The summed E-state index contributed by atoms with van der Waals surface area (Å²) in [6.07, 6.45) is 3.31. The smallest absolute Gasteiger partial charge is 0.230 e. The summed E-state index contributed by atoms with van der Waals surface area (Å²) in [5.41, 5.74) is 8.06. The Balaban J connectivity index is 1.47. The molecule has 4 aromatic rings. The van der Waals surface area contributed by atoms with Gasteiger partial charge < -0.3 is 24.9 Å². The number of H-pyrrole nitrogens is 1. The number of nitrogens with one attached hydrogen (secondary N) is 1. The van der Waals surface area contributed by atoms with Crippen molar-refractivity contribution in [3.8, 4) is 23.1 Å². The average Bonchev–Trinajstić information content (AvgIpc) is 3.13. The van der Waals surface area contributed by atoms with Crippen LogP contribution in [0, 0.1) is 18.7 Å². The molecule has 0 unspecified atom stereocenters. The molecule has 0 spiro atoms. The van der Waals surface area contributed by atoms with Crippen LogP contribution in [0.2, 0.25) is 0 Å². The fraction of sp³-hybridized carbons (Fsp3) is 0.304. The summed E-state index contributed by atoms with van der Waals surface area (Å²) in [7, 11) is 1.57. The first kappa shape index (κ1) is 19.6. The fourth-order valence-electron chi connectivity index (χ4n) is 4.00. The van der Waals surface area contributed by atoms with Gasteiger partial charge in [-0.1, -0.05) is 0 Å². The molecule has 31 heavy (non-hydrogen) atoms. The number of hydrogen-bond acceptors (Lipinski definition) is 6. The van der Waals surface area contributed by atoms with Gasteiger partial charge in [0, 0.05) is 28.7 Å². The number of nitrogens with two attached hydrogens (primary N) is 1. The van der Waals surface area contributed by atoms with E-state index < -0.39 is 5.82 Å². The Labute approximate surface area is 178 Å². The van der Waals surface area contributed by atoms with Gasteiger partial charge >= 0.3 is 0 Å². The second kappa shape index (κ2) is 7.70. The van der Waals surface area contributed by atoms with E-state index in [1.54, 1.807) is 37.4 Å². The van der Waals surface area contributed by atoms with Gasteiger partial charge in [0.25, 0.3) is 0 Å². The van der Waals surface area contributed by atoms with Crippen LogP contribution >= 0.6 is 0 Å². The Hall–Kier alpha value is -3.39. The molecular weight excluding hydrogens is 399 g/mol. The highest BCUT2D eigenvalue weighted by molar-refractivity contribution is 5.87. The van der Waals surface area contributed by atoms with Crippen LogP contribution < -0.4 is 19.9 Å². The lowest BCUT2D eigenvalue weighted by molar-refractivity contribution is 0.156. The second-order valence-corrected chi connectivity index (χ2v) is 8.00. The summed E-state index contributed by atoms with van der Waals surface area (Å²) in [6.45, 7) is 2.45. The minimum Gasteiger partial charge on any atom is -0.493 e. The molecular formula is C23H23FN4O3. The quantitative estimate of drug-likeness (QED) is 0.476. The molecule has 0 amide bonds. The van der Waals surface area contributed by atoms with Gasteiger partial charge in [-0.15, -0.1) is 0 Å². The number of hydrogen-bond donors (Lipinski definition) is 2. The Bertz CT molecular complexity index is 1270. The standard InChI is InChI=1S/C23H23FN4O3/c1-12-5-15-17(28-12)3-4-19(22(15)24)31-23-16-8-20(29-2)21(9-18(16)26-11-27-23)30-10-13-6-14(25)7-13/h3-5,8-9,11,13-14,28H,6-7,10,25H2,1-2H3. The predicted octanol–water partition coefficient (Wildman–Crippen LogP) is 4.48. The zero-order valence-corrected chi connectivity index (χ0v) is 17.3. The number of nitrogens with zero attached hydrogens (tertiary/aromatic N) is 2. The molecule has 1 saturated carbocycles. The zero-order chi connectivity index (χ0) is 21.5. The maximum atomic E-state index is 15.0. The zero-order valence-electron chi connectivity index (χ0n) is 17.3. The van der Waals surface area contributed by atoms with Crippen molar-refractivity contribution in [3.63, 3.8) is 0 Å². The molecule has 2 aromatic heterocycles. The van der Waals surface area contributed by atoms with Crippen molar-refractivity contribution >= 4 is 21.8 Å². The summed E-state index contributed by atoms with van der Waals surface area (Å²) in [5, 5.41) is 1.07. The third-order valence-corrected chi connectivity index (χ3v) is 5.67. The number of halogens is 1. The van der Waals surface area contributed by atoms with Gasteiger partial charge in [-0.3, -0.25) is 0 Å². The maximum Gasteiger partial charge on any atom is 0.230 e. The van der Waals surface area contributed by atoms with Gasteiger partial charge in [-0.05, 0) is 49.9 Å². The highest BCUT2D eigenvalue weighted by Crippen LogP contribution is 2.38. The third kappa shape index (κ3) is 3.63. The molecule has 0 aliphatic heterocycles. The highest BCUT2D eigenvalue weighted by atomic mass is 19.1. The van der Waals surface area contributed by atoms with E-state index in [0.29, 0.717) is 45.8 Å². The summed E-state index contributed by atoms with van der Waals surface area (Å²) < 4.78 is 32.3. The average molecular weight is 422 g/mol. The highest BCUT2D eigenvalue weighted by Gasteiger charge is 2.27. The Morgan fingerprint density at radius 1 is 1.10 bits per heavy atom. The topological polar surface area (TPSA) is 95.3 Å². The lowest BCUT2D eigenvalue weighted by Crippen LogP contribution is -2.39. The van der Waals surface area contributed by atoms with Gasteiger partial charge in [-0.25, -0.2) is 14.4 Å². The number of aromatic nitrogens is 3. The predicted molar refractivity (Wildman–Crippen MR) is 115 cm³/mol. The van der Waals surface area contributed by atoms with Gasteiger partial charge in [0.2, 0.25) is 5.88 Å². The minimum absolute atomic E-state index is 0.0899. The molecule has 1 fully saturated rings. The molecule has 3 N–H and O–H groups in total. The number of ether oxygens (including phenoxy) is 3. The van der Waals surface area contributed by atoms with Crippen LogP contribution in [-0.2, 0) is 0 Å². The molecule has 2 aromatic carbocycles.